The zero-order valence-corrected chi connectivity index (χ0v) is 23.5. The van der Waals surface area contributed by atoms with Crippen LogP contribution in [0.1, 0.15) is 31.9 Å². The first-order chi connectivity index (χ1) is 19.9. The fourth-order valence-corrected chi connectivity index (χ4v) is 4.73. The first-order valence-corrected chi connectivity index (χ1v) is 13.4. The number of carbonyl (C=O) groups excluding carboxylic acids is 2. The summed E-state index contributed by atoms with van der Waals surface area (Å²) in [6.07, 6.45) is 0.779. The second kappa shape index (κ2) is 12.2. The molecule has 0 saturated carbocycles. The van der Waals surface area contributed by atoms with Gasteiger partial charge in [0, 0.05) is 29.9 Å². The molecular formula is C30H33N5O6. The Labute approximate surface area is 237 Å². The van der Waals surface area contributed by atoms with E-state index < -0.39 is 6.04 Å². The Kier molecular flexibility index (Phi) is 8.23. The molecule has 0 spiro atoms. The predicted molar refractivity (Wildman–Crippen MR) is 152 cm³/mol. The molecule has 0 saturated heterocycles. The molecule has 41 heavy (non-hydrogen) atoms. The number of fused-ring (bicyclic) bond motifs is 2. The van der Waals surface area contributed by atoms with E-state index in [4.69, 9.17) is 18.9 Å². The van der Waals surface area contributed by atoms with Crippen LogP contribution in [-0.4, -0.2) is 54.4 Å². The zero-order valence-electron chi connectivity index (χ0n) is 23.5. The van der Waals surface area contributed by atoms with Crippen LogP contribution in [0.2, 0.25) is 0 Å². The van der Waals surface area contributed by atoms with Crippen LogP contribution in [0.4, 0.5) is 5.69 Å². The van der Waals surface area contributed by atoms with E-state index in [2.05, 4.69) is 29.5 Å². The molecule has 5 rings (SSSR count). The van der Waals surface area contributed by atoms with Crippen LogP contribution in [0.15, 0.2) is 60.7 Å². The molecule has 0 bridgehead atoms. The number of methoxy groups -OCH3 is 2. The maximum Gasteiger partial charge on any atom is 0.249 e. The predicted octanol–water partition coefficient (Wildman–Crippen LogP) is 4.11. The van der Waals surface area contributed by atoms with Crippen molar-refractivity contribution in [1.29, 1.82) is 0 Å². The van der Waals surface area contributed by atoms with Gasteiger partial charge in [-0.1, -0.05) is 31.2 Å². The second-order valence-electron chi connectivity index (χ2n) is 10.0. The van der Waals surface area contributed by atoms with Gasteiger partial charge in [-0.2, -0.15) is 0 Å². The molecule has 4 aromatic rings. The Balaban J connectivity index is 1.62. The van der Waals surface area contributed by atoms with Crippen LogP contribution >= 0.6 is 0 Å². The van der Waals surface area contributed by atoms with Gasteiger partial charge in [0.05, 0.1) is 19.7 Å². The zero-order chi connectivity index (χ0) is 28.9. The van der Waals surface area contributed by atoms with Crippen LogP contribution in [0, 0.1) is 5.92 Å². The van der Waals surface area contributed by atoms with Gasteiger partial charge in [0.2, 0.25) is 18.6 Å². The lowest BCUT2D eigenvalue weighted by atomic mass is 10.0. The van der Waals surface area contributed by atoms with Crippen molar-refractivity contribution in [3.05, 3.63) is 66.2 Å². The molecule has 11 nitrogen and oxygen atoms in total. The van der Waals surface area contributed by atoms with E-state index in [1.165, 1.54) is 16.7 Å². The number of nitrogens with one attached hydrogen (secondary N) is 1. The first-order valence-electron chi connectivity index (χ1n) is 13.4. The van der Waals surface area contributed by atoms with Gasteiger partial charge in [-0.3, -0.25) is 14.5 Å². The number of anilines is 1. The molecule has 0 fully saturated rings. The monoisotopic (exact) mass is 559 g/mol. The van der Waals surface area contributed by atoms with Crippen LogP contribution < -0.4 is 29.2 Å². The number of aromatic nitrogens is 3. The van der Waals surface area contributed by atoms with E-state index >= 15 is 0 Å². The highest BCUT2D eigenvalue weighted by molar-refractivity contribution is 6.02. The molecule has 1 aromatic heterocycles. The van der Waals surface area contributed by atoms with Gasteiger partial charge in [-0.15, -0.1) is 5.10 Å². The van der Waals surface area contributed by atoms with Crippen LogP contribution in [0.5, 0.6) is 23.0 Å². The van der Waals surface area contributed by atoms with E-state index in [0.29, 0.717) is 57.7 Å². The van der Waals surface area contributed by atoms with Crippen molar-refractivity contribution in [2.75, 3.05) is 32.5 Å². The lowest BCUT2D eigenvalue weighted by Crippen LogP contribution is -2.45. The third kappa shape index (κ3) is 5.88. The molecule has 0 aliphatic carbocycles. The lowest BCUT2D eigenvalue weighted by Gasteiger charge is -2.32. The van der Waals surface area contributed by atoms with E-state index in [0.717, 1.165) is 6.42 Å². The summed E-state index contributed by atoms with van der Waals surface area (Å²) < 4.78 is 23.7. The quantitative estimate of drug-likeness (QED) is 0.292. The molecule has 0 unspecified atom stereocenters. The Bertz CT molecular complexity index is 1550. The highest BCUT2D eigenvalue weighted by Crippen LogP contribution is 2.40. The number of amides is 2. The summed E-state index contributed by atoms with van der Waals surface area (Å²) in [5.74, 6) is 1.63. The molecule has 214 valence electrons. The topological polar surface area (TPSA) is 117 Å². The molecule has 3 aromatic carbocycles. The van der Waals surface area contributed by atoms with Gasteiger partial charge in [-0.05, 0) is 48.7 Å². The summed E-state index contributed by atoms with van der Waals surface area (Å²) in [5.41, 5.74) is 2.30. The number of carbonyl (C=O) groups is 2. The normalized spacial score (nSPS) is 12.8. The van der Waals surface area contributed by atoms with Crippen molar-refractivity contribution in [2.45, 2.75) is 32.9 Å². The van der Waals surface area contributed by atoms with Crippen molar-refractivity contribution in [1.82, 2.24) is 20.3 Å². The lowest BCUT2D eigenvalue weighted by molar-refractivity contribution is -0.127. The molecule has 1 aliphatic heterocycles. The number of nitrogens with zero attached hydrogens (tertiary/aromatic N) is 4. The SMILES string of the molecule is COc1ccc([C@@H](C(=O)NCCC(C)C)N(C(=O)Cn2nnc3ccccc32)c2ccc3c(c2)OCO3)c(OC)c1. The van der Waals surface area contributed by atoms with Crippen molar-refractivity contribution in [2.24, 2.45) is 5.92 Å². The number of rotatable bonds is 11. The molecule has 2 heterocycles. The van der Waals surface area contributed by atoms with Gasteiger partial charge in [0.25, 0.3) is 0 Å². The molecule has 1 atom stereocenters. The van der Waals surface area contributed by atoms with E-state index in [9.17, 15) is 9.59 Å². The van der Waals surface area contributed by atoms with Crippen molar-refractivity contribution >= 4 is 28.5 Å². The smallest absolute Gasteiger partial charge is 0.249 e. The third-order valence-electron chi connectivity index (χ3n) is 6.87. The summed E-state index contributed by atoms with van der Waals surface area (Å²) in [4.78, 5) is 29.8. The Hall–Kier alpha value is -4.80. The number of hydrogen-bond donors (Lipinski definition) is 1. The fraction of sp³-hybridized carbons (Fsp3) is 0.333. The average Bonchev–Trinajstić information content (AvgIpc) is 3.62. The highest BCUT2D eigenvalue weighted by Gasteiger charge is 2.36. The fourth-order valence-electron chi connectivity index (χ4n) is 4.73. The molecule has 1 aliphatic rings. The van der Waals surface area contributed by atoms with E-state index in [-0.39, 0.29) is 25.2 Å². The average molecular weight is 560 g/mol. The van der Waals surface area contributed by atoms with E-state index in [1.54, 1.807) is 43.5 Å². The summed E-state index contributed by atoms with van der Waals surface area (Å²) in [6, 6.07) is 16.6. The molecule has 11 heteroatoms. The summed E-state index contributed by atoms with van der Waals surface area (Å²) in [5, 5.41) is 11.4. The third-order valence-corrected chi connectivity index (χ3v) is 6.87. The molecule has 1 N–H and O–H groups in total. The van der Waals surface area contributed by atoms with Crippen molar-refractivity contribution < 1.29 is 28.5 Å². The standard InChI is InChI=1S/C30H33N5O6/c1-19(2)13-14-31-30(37)29(22-11-10-21(38-3)16-26(22)39-4)35(20-9-12-25-27(15-20)41-18-40-25)28(36)17-34-24-8-6-5-7-23(24)32-33-34/h5-12,15-16,19,29H,13-14,17-18H2,1-4H3,(H,31,37)/t29-/m0/s1. The van der Waals surface area contributed by atoms with Gasteiger partial charge in [-0.25, -0.2) is 4.68 Å². The molecule has 0 radical (unpaired) electrons. The minimum atomic E-state index is -1.09. The van der Waals surface area contributed by atoms with Gasteiger partial charge >= 0.3 is 0 Å². The van der Waals surface area contributed by atoms with E-state index in [1.807, 2.05) is 24.3 Å². The summed E-state index contributed by atoms with van der Waals surface area (Å²) in [6.45, 7) is 4.52. The highest BCUT2D eigenvalue weighted by atomic mass is 16.7. The molecule has 2 amide bonds. The molecular weight excluding hydrogens is 526 g/mol. The first kappa shape index (κ1) is 27.8. The van der Waals surface area contributed by atoms with Crippen LogP contribution in [0.25, 0.3) is 11.0 Å². The Morgan fingerprint density at radius 3 is 2.61 bits per heavy atom. The van der Waals surface area contributed by atoms with Gasteiger partial charge in [0.15, 0.2) is 11.5 Å². The largest absolute Gasteiger partial charge is 0.497 e. The maximum absolute atomic E-state index is 14.3. The van der Waals surface area contributed by atoms with Crippen LogP contribution in [0.3, 0.4) is 0 Å². The van der Waals surface area contributed by atoms with Crippen molar-refractivity contribution in [3.8, 4) is 23.0 Å². The second-order valence-corrected chi connectivity index (χ2v) is 10.0. The van der Waals surface area contributed by atoms with Crippen LogP contribution in [-0.2, 0) is 16.1 Å². The number of benzene rings is 3. The Morgan fingerprint density at radius 1 is 1.02 bits per heavy atom. The summed E-state index contributed by atoms with van der Waals surface area (Å²) >= 11 is 0. The van der Waals surface area contributed by atoms with Gasteiger partial charge < -0.3 is 24.3 Å². The Morgan fingerprint density at radius 2 is 1.83 bits per heavy atom. The number of para-hydroxylation sites is 1. The summed E-state index contributed by atoms with van der Waals surface area (Å²) in [7, 11) is 3.07. The minimum Gasteiger partial charge on any atom is -0.497 e. The minimum absolute atomic E-state index is 0.0725. The maximum atomic E-state index is 14.3. The number of ether oxygens (including phenoxy) is 4. The number of hydrogen-bond acceptors (Lipinski definition) is 8. The van der Waals surface area contributed by atoms with Gasteiger partial charge in [0.1, 0.15) is 29.6 Å². The van der Waals surface area contributed by atoms with Crippen molar-refractivity contribution in [3.63, 3.8) is 0 Å².